The molecule has 3 rings (SSSR count). The number of hydrazone groups is 1. The van der Waals surface area contributed by atoms with Crippen LogP contribution in [0.5, 0.6) is 5.75 Å². The molecule has 3 aromatic rings. The Morgan fingerprint density at radius 1 is 1.06 bits per heavy atom. The van der Waals surface area contributed by atoms with Gasteiger partial charge in [-0.2, -0.15) is 5.10 Å². The number of rotatable bonds is 8. The topological polar surface area (TPSA) is 123 Å². The Bertz CT molecular complexity index is 1280. The van der Waals surface area contributed by atoms with E-state index in [0.717, 1.165) is 6.07 Å². The van der Waals surface area contributed by atoms with Gasteiger partial charge in [-0.15, -0.1) is 0 Å². The first-order valence-electron chi connectivity index (χ1n) is 8.89. The average molecular weight is 495 g/mol. The van der Waals surface area contributed by atoms with E-state index in [4.69, 9.17) is 27.9 Å². The zero-order chi connectivity index (χ0) is 23.3. The summed E-state index contributed by atoms with van der Waals surface area (Å²) in [4.78, 5) is 10.5. The molecule has 9 nitrogen and oxygen atoms in total. The summed E-state index contributed by atoms with van der Waals surface area (Å²) in [5.41, 5.74) is 2.88. The molecule has 0 fully saturated rings. The van der Waals surface area contributed by atoms with Crippen LogP contribution in [0.25, 0.3) is 0 Å². The average Bonchev–Trinajstić information content (AvgIpc) is 2.75. The molecule has 0 heterocycles. The number of nitrogens with one attached hydrogen (secondary N) is 2. The van der Waals surface area contributed by atoms with Gasteiger partial charge in [-0.1, -0.05) is 29.3 Å². The van der Waals surface area contributed by atoms with Gasteiger partial charge in [0.15, 0.2) is 0 Å². The van der Waals surface area contributed by atoms with Gasteiger partial charge in [-0.25, -0.2) is 8.42 Å². The molecule has 0 bridgehead atoms. The molecule has 0 radical (unpaired) electrons. The van der Waals surface area contributed by atoms with Crippen LogP contribution in [0.1, 0.15) is 5.56 Å². The summed E-state index contributed by atoms with van der Waals surface area (Å²) < 4.78 is 32.7. The lowest BCUT2D eigenvalue weighted by Gasteiger charge is -2.10. The van der Waals surface area contributed by atoms with Crippen molar-refractivity contribution in [2.45, 2.75) is 4.90 Å². The fourth-order valence-electron chi connectivity index (χ4n) is 2.57. The van der Waals surface area contributed by atoms with Crippen LogP contribution in [-0.2, 0) is 10.0 Å². The second-order valence-electron chi connectivity index (χ2n) is 6.31. The minimum atomic E-state index is -4.07. The van der Waals surface area contributed by atoms with E-state index in [0.29, 0.717) is 21.4 Å². The van der Waals surface area contributed by atoms with Crippen LogP contribution in [0.4, 0.5) is 17.1 Å². The summed E-state index contributed by atoms with van der Waals surface area (Å²) in [7, 11) is -2.58. The van der Waals surface area contributed by atoms with Gasteiger partial charge in [-0.3, -0.25) is 20.3 Å². The smallest absolute Gasteiger partial charge is 0.295 e. The van der Waals surface area contributed by atoms with Crippen molar-refractivity contribution >= 4 is 56.5 Å². The van der Waals surface area contributed by atoms with Crippen LogP contribution in [0.3, 0.4) is 0 Å². The van der Waals surface area contributed by atoms with Crippen LogP contribution in [0.15, 0.2) is 70.7 Å². The number of halogens is 2. The van der Waals surface area contributed by atoms with Crippen LogP contribution < -0.4 is 14.9 Å². The van der Waals surface area contributed by atoms with Crippen LogP contribution in [0.2, 0.25) is 10.0 Å². The molecule has 0 aliphatic heterocycles. The van der Waals surface area contributed by atoms with E-state index in [1.165, 1.54) is 43.7 Å². The van der Waals surface area contributed by atoms with Gasteiger partial charge >= 0.3 is 0 Å². The molecule has 0 unspecified atom stereocenters. The third-order valence-corrected chi connectivity index (χ3v) is 6.11. The molecule has 3 aromatic carbocycles. The van der Waals surface area contributed by atoms with Gasteiger partial charge in [0.05, 0.1) is 28.2 Å². The number of hydrogen-bond donors (Lipinski definition) is 2. The quantitative estimate of drug-likeness (QED) is 0.253. The third-order valence-electron chi connectivity index (χ3n) is 4.17. The van der Waals surface area contributed by atoms with Crippen molar-refractivity contribution in [3.05, 3.63) is 86.4 Å². The predicted octanol–water partition coefficient (Wildman–Crippen LogP) is 5.16. The number of benzene rings is 3. The van der Waals surface area contributed by atoms with Gasteiger partial charge in [-0.05, 0) is 48.5 Å². The van der Waals surface area contributed by atoms with Gasteiger partial charge in [0, 0.05) is 22.3 Å². The van der Waals surface area contributed by atoms with Crippen molar-refractivity contribution in [2.24, 2.45) is 5.10 Å². The first kappa shape index (κ1) is 23.3. The molecule has 166 valence electrons. The molecule has 12 heteroatoms. The van der Waals surface area contributed by atoms with Crippen LogP contribution in [0, 0.1) is 10.1 Å². The molecule has 0 amide bonds. The first-order valence-corrected chi connectivity index (χ1v) is 11.1. The maximum atomic E-state index is 12.7. The fourth-order valence-corrected chi connectivity index (χ4v) is 4.11. The molecule has 0 saturated heterocycles. The highest BCUT2D eigenvalue weighted by molar-refractivity contribution is 7.92. The van der Waals surface area contributed by atoms with E-state index >= 15 is 0 Å². The van der Waals surface area contributed by atoms with E-state index in [1.54, 1.807) is 24.3 Å². The van der Waals surface area contributed by atoms with Crippen molar-refractivity contribution in [2.75, 3.05) is 17.3 Å². The molecule has 0 aliphatic rings. The van der Waals surface area contributed by atoms with E-state index in [2.05, 4.69) is 15.2 Å². The van der Waals surface area contributed by atoms with Gasteiger partial charge in [0.1, 0.15) is 11.4 Å². The Morgan fingerprint density at radius 2 is 1.78 bits per heavy atom. The zero-order valence-corrected chi connectivity index (χ0v) is 18.8. The van der Waals surface area contributed by atoms with Crippen LogP contribution in [-0.4, -0.2) is 26.7 Å². The maximum Gasteiger partial charge on any atom is 0.295 e. The molecule has 0 aromatic heterocycles. The molecule has 0 saturated carbocycles. The molecule has 2 N–H and O–H groups in total. The lowest BCUT2D eigenvalue weighted by Crippen LogP contribution is -2.13. The van der Waals surface area contributed by atoms with Crippen molar-refractivity contribution in [3.63, 3.8) is 0 Å². The lowest BCUT2D eigenvalue weighted by atomic mass is 10.2. The largest absolute Gasteiger partial charge is 0.497 e. The minimum absolute atomic E-state index is 0.000247. The number of anilines is 2. The van der Waals surface area contributed by atoms with E-state index < -0.39 is 20.6 Å². The Morgan fingerprint density at radius 3 is 2.41 bits per heavy atom. The van der Waals surface area contributed by atoms with E-state index in [9.17, 15) is 18.5 Å². The third kappa shape index (κ3) is 5.67. The Labute approximate surface area is 193 Å². The molecule has 0 aliphatic carbocycles. The number of sulfonamides is 1. The standard InChI is InChI=1S/C20H16Cl2N4O5S/c1-31-16-6-4-15(5-7-16)25-32(29,30)17-8-9-19(20(11-17)26(27)28)24-23-12-13-2-3-14(21)10-18(13)22/h2-12,24-25H,1H3/b23-12+. The van der Waals surface area contributed by atoms with Crippen molar-refractivity contribution in [3.8, 4) is 5.75 Å². The predicted molar refractivity (Wildman–Crippen MR) is 125 cm³/mol. The maximum absolute atomic E-state index is 12.7. The molecule has 0 spiro atoms. The fraction of sp³-hybridized carbons (Fsp3) is 0.0500. The normalized spacial score (nSPS) is 11.3. The van der Waals surface area contributed by atoms with Crippen molar-refractivity contribution < 1.29 is 18.1 Å². The number of nitrogens with zero attached hydrogens (tertiary/aromatic N) is 2. The number of ether oxygens (including phenoxy) is 1. The van der Waals surface area contributed by atoms with E-state index in [1.807, 2.05) is 0 Å². The zero-order valence-electron chi connectivity index (χ0n) is 16.5. The number of methoxy groups -OCH3 is 1. The molecular formula is C20H16Cl2N4O5S. The Balaban J connectivity index is 1.83. The monoisotopic (exact) mass is 494 g/mol. The highest BCUT2D eigenvalue weighted by Gasteiger charge is 2.21. The van der Waals surface area contributed by atoms with Crippen molar-refractivity contribution in [1.29, 1.82) is 0 Å². The van der Waals surface area contributed by atoms with Crippen LogP contribution >= 0.6 is 23.2 Å². The summed E-state index contributed by atoms with van der Waals surface area (Å²) in [6.07, 6.45) is 1.36. The Kier molecular flexibility index (Phi) is 7.18. The van der Waals surface area contributed by atoms with Crippen molar-refractivity contribution in [1.82, 2.24) is 0 Å². The highest BCUT2D eigenvalue weighted by atomic mass is 35.5. The summed E-state index contributed by atoms with van der Waals surface area (Å²) in [5.74, 6) is 0.555. The number of nitro groups is 1. The molecule has 32 heavy (non-hydrogen) atoms. The number of nitro benzene ring substituents is 1. The summed E-state index contributed by atoms with van der Waals surface area (Å²) in [5, 5.41) is 16.2. The van der Waals surface area contributed by atoms with E-state index in [-0.39, 0.29) is 16.3 Å². The SMILES string of the molecule is COc1ccc(NS(=O)(=O)c2ccc(N/N=C/c3ccc(Cl)cc3Cl)c([N+](=O)[O-])c2)cc1. The summed E-state index contributed by atoms with van der Waals surface area (Å²) in [6, 6.07) is 14.4. The second kappa shape index (κ2) is 9.86. The summed E-state index contributed by atoms with van der Waals surface area (Å²) >= 11 is 11.9. The Hall–Kier alpha value is -3.34. The summed E-state index contributed by atoms with van der Waals surface area (Å²) in [6.45, 7) is 0. The highest BCUT2D eigenvalue weighted by Crippen LogP contribution is 2.29. The van der Waals surface area contributed by atoms with Gasteiger partial charge < -0.3 is 4.74 Å². The minimum Gasteiger partial charge on any atom is -0.497 e. The lowest BCUT2D eigenvalue weighted by molar-refractivity contribution is -0.384. The van der Waals surface area contributed by atoms with Gasteiger partial charge in [0.2, 0.25) is 0 Å². The molecular weight excluding hydrogens is 479 g/mol. The van der Waals surface area contributed by atoms with Gasteiger partial charge in [0.25, 0.3) is 15.7 Å². The number of hydrogen-bond acceptors (Lipinski definition) is 7. The molecule has 0 atom stereocenters. The second-order valence-corrected chi connectivity index (χ2v) is 8.83. The first-order chi connectivity index (χ1) is 15.2.